The number of aromatic amines is 1. The minimum Gasteiger partial charge on any atom is -0.353 e. The first-order chi connectivity index (χ1) is 15.3. The van der Waals surface area contributed by atoms with Crippen molar-refractivity contribution in [2.24, 2.45) is 0 Å². The van der Waals surface area contributed by atoms with Gasteiger partial charge in [-0.15, -0.1) is 0 Å². The highest BCUT2D eigenvalue weighted by Crippen LogP contribution is 2.31. The van der Waals surface area contributed by atoms with E-state index in [1.165, 1.54) is 10.6 Å². The molecular weight excluding hydrogens is 423 g/mol. The van der Waals surface area contributed by atoms with Crippen molar-refractivity contribution in [1.29, 1.82) is 0 Å². The van der Waals surface area contributed by atoms with Crippen molar-refractivity contribution in [3.05, 3.63) is 54.5 Å². The van der Waals surface area contributed by atoms with Gasteiger partial charge >= 0.3 is 6.18 Å². The van der Waals surface area contributed by atoms with Gasteiger partial charge in [0.1, 0.15) is 11.5 Å². The van der Waals surface area contributed by atoms with E-state index in [2.05, 4.69) is 53.9 Å². The number of hydrogen-bond donors (Lipinski definition) is 1. The molecule has 0 aromatic carbocycles. The Bertz CT molecular complexity index is 1230. The number of nitrogens with zero attached hydrogens (tertiary/aromatic N) is 8. The normalized spacial score (nSPS) is 20.2. The van der Waals surface area contributed by atoms with Gasteiger partial charge in [-0.3, -0.25) is 14.4 Å². The summed E-state index contributed by atoms with van der Waals surface area (Å²) < 4.78 is 40.7. The molecule has 0 spiro atoms. The Morgan fingerprint density at radius 3 is 2.69 bits per heavy atom. The standard InChI is InChI=1S/C20H20F3N9/c1-12-9-31(10-15(30(12)2)13-5-27-28-6-13)17-3-4-24-19(29-17)14-7-26-18-8-25-16(11-32(14)18)20(21,22)23/h3-8,11-12,15H,9-10H2,1-2H3,(H,27,28). The molecule has 0 amide bonds. The maximum absolute atomic E-state index is 13.1. The number of imidazole rings is 1. The fourth-order valence-corrected chi connectivity index (χ4v) is 3.99. The fraction of sp³-hybridized carbons (Fsp3) is 0.350. The van der Waals surface area contributed by atoms with Crippen LogP contribution >= 0.6 is 0 Å². The summed E-state index contributed by atoms with van der Waals surface area (Å²) in [6.07, 6.45) is 4.21. The number of rotatable bonds is 3. The Hall–Kier alpha value is -3.54. The van der Waals surface area contributed by atoms with Crippen LogP contribution in [0.15, 0.2) is 43.2 Å². The van der Waals surface area contributed by atoms with Crippen LogP contribution in [0.3, 0.4) is 0 Å². The molecule has 1 saturated heterocycles. The number of piperazine rings is 1. The van der Waals surface area contributed by atoms with Crippen molar-refractivity contribution in [2.45, 2.75) is 25.2 Å². The van der Waals surface area contributed by atoms with Crippen molar-refractivity contribution in [3.8, 4) is 11.5 Å². The number of aromatic nitrogens is 7. The molecule has 4 aromatic rings. The highest BCUT2D eigenvalue weighted by molar-refractivity contribution is 5.58. The third-order valence-electron chi connectivity index (χ3n) is 5.85. The summed E-state index contributed by atoms with van der Waals surface area (Å²) in [5, 5.41) is 6.93. The maximum Gasteiger partial charge on any atom is 0.434 e. The van der Waals surface area contributed by atoms with Crippen molar-refractivity contribution in [3.63, 3.8) is 0 Å². The lowest BCUT2D eigenvalue weighted by Crippen LogP contribution is -2.52. The number of likely N-dealkylation sites (N-methyl/N-ethyl adjacent to an activating group) is 1. The molecule has 9 nitrogen and oxygen atoms in total. The third-order valence-corrected chi connectivity index (χ3v) is 5.85. The van der Waals surface area contributed by atoms with Crippen LogP contribution in [0.25, 0.3) is 17.2 Å². The van der Waals surface area contributed by atoms with Gasteiger partial charge in [0.2, 0.25) is 0 Å². The van der Waals surface area contributed by atoms with Gasteiger partial charge in [-0.2, -0.15) is 18.3 Å². The van der Waals surface area contributed by atoms with E-state index < -0.39 is 11.9 Å². The molecule has 0 aliphatic carbocycles. The number of hydrogen-bond acceptors (Lipinski definition) is 7. The average molecular weight is 443 g/mol. The van der Waals surface area contributed by atoms with E-state index in [9.17, 15) is 13.2 Å². The zero-order valence-corrected chi connectivity index (χ0v) is 17.3. The predicted octanol–water partition coefficient (Wildman–Crippen LogP) is 2.81. The van der Waals surface area contributed by atoms with Gasteiger partial charge in [-0.05, 0) is 20.0 Å². The van der Waals surface area contributed by atoms with E-state index in [-0.39, 0.29) is 17.7 Å². The number of anilines is 1. The lowest BCUT2D eigenvalue weighted by molar-refractivity contribution is -0.141. The van der Waals surface area contributed by atoms with Crippen molar-refractivity contribution >= 4 is 11.5 Å². The quantitative estimate of drug-likeness (QED) is 0.521. The molecule has 0 radical (unpaired) electrons. The molecule has 2 unspecified atom stereocenters. The van der Waals surface area contributed by atoms with Gasteiger partial charge in [-0.25, -0.2) is 19.9 Å². The second-order valence-electron chi connectivity index (χ2n) is 7.85. The summed E-state index contributed by atoms with van der Waals surface area (Å²) >= 11 is 0. The first kappa shape index (κ1) is 20.4. The zero-order chi connectivity index (χ0) is 22.5. The minimum atomic E-state index is -4.56. The number of alkyl halides is 3. The van der Waals surface area contributed by atoms with Crippen LogP contribution in [-0.2, 0) is 6.18 Å². The van der Waals surface area contributed by atoms with Crippen LogP contribution in [-0.4, -0.2) is 65.6 Å². The third kappa shape index (κ3) is 3.55. The smallest absolute Gasteiger partial charge is 0.353 e. The van der Waals surface area contributed by atoms with Crippen molar-refractivity contribution in [2.75, 3.05) is 25.0 Å². The molecule has 1 aliphatic rings. The number of nitrogens with one attached hydrogen (secondary N) is 1. The van der Waals surface area contributed by atoms with Gasteiger partial charge < -0.3 is 4.90 Å². The summed E-state index contributed by atoms with van der Waals surface area (Å²) in [5.41, 5.74) is 0.724. The van der Waals surface area contributed by atoms with Crippen LogP contribution < -0.4 is 4.90 Å². The van der Waals surface area contributed by atoms with Crippen LogP contribution in [0.2, 0.25) is 0 Å². The number of H-pyrrole nitrogens is 1. The fourth-order valence-electron chi connectivity index (χ4n) is 3.99. The van der Waals surface area contributed by atoms with Gasteiger partial charge in [0, 0.05) is 43.3 Å². The summed E-state index contributed by atoms with van der Waals surface area (Å²) in [6.45, 7) is 3.57. The Morgan fingerprint density at radius 1 is 1.09 bits per heavy atom. The average Bonchev–Trinajstić information content (AvgIpc) is 3.44. The Labute approximate surface area is 181 Å². The molecule has 5 rings (SSSR count). The summed E-state index contributed by atoms with van der Waals surface area (Å²) in [6, 6.07) is 2.17. The van der Waals surface area contributed by atoms with E-state index in [1.807, 2.05) is 12.4 Å². The molecule has 2 atom stereocenters. The van der Waals surface area contributed by atoms with Crippen molar-refractivity contribution in [1.82, 2.24) is 39.4 Å². The van der Waals surface area contributed by atoms with Gasteiger partial charge in [0.25, 0.3) is 0 Å². The van der Waals surface area contributed by atoms with E-state index in [0.29, 0.717) is 23.9 Å². The largest absolute Gasteiger partial charge is 0.434 e. The molecule has 4 aromatic heterocycles. The molecular formula is C20H20F3N9. The maximum atomic E-state index is 13.1. The molecule has 0 saturated carbocycles. The Balaban J connectivity index is 1.50. The van der Waals surface area contributed by atoms with Gasteiger partial charge in [0.05, 0.1) is 24.6 Å². The number of halogens is 3. The lowest BCUT2D eigenvalue weighted by atomic mass is 10.0. The first-order valence-electron chi connectivity index (χ1n) is 10.0. The molecule has 1 N–H and O–H groups in total. The van der Waals surface area contributed by atoms with E-state index in [4.69, 9.17) is 0 Å². The Morgan fingerprint density at radius 2 is 1.94 bits per heavy atom. The van der Waals surface area contributed by atoms with E-state index in [1.54, 1.807) is 12.3 Å². The second kappa shape index (κ2) is 7.55. The minimum absolute atomic E-state index is 0.118. The zero-order valence-electron chi connectivity index (χ0n) is 17.3. The van der Waals surface area contributed by atoms with Crippen LogP contribution in [0.5, 0.6) is 0 Å². The highest BCUT2D eigenvalue weighted by atomic mass is 19.4. The molecule has 5 heterocycles. The first-order valence-corrected chi connectivity index (χ1v) is 10.0. The monoisotopic (exact) mass is 443 g/mol. The molecule has 166 valence electrons. The topological polar surface area (TPSA) is 91.1 Å². The van der Waals surface area contributed by atoms with Crippen LogP contribution in [0.4, 0.5) is 19.0 Å². The molecule has 0 bridgehead atoms. The molecule has 1 fully saturated rings. The van der Waals surface area contributed by atoms with Crippen LogP contribution in [0.1, 0.15) is 24.2 Å². The summed E-state index contributed by atoms with van der Waals surface area (Å²) in [7, 11) is 2.08. The lowest BCUT2D eigenvalue weighted by Gasteiger charge is -2.44. The molecule has 32 heavy (non-hydrogen) atoms. The summed E-state index contributed by atoms with van der Waals surface area (Å²) in [5.74, 6) is 0.990. The van der Waals surface area contributed by atoms with Crippen LogP contribution in [0, 0.1) is 0 Å². The van der Waals surface area contributed by atoms with Gasteiger partial charge in [-0.1, -0.05) is 0 Å². The van der Waals surface area contributed by atoms with Crippen molar-refractivity contribution < 1.29 is 13.2 Å². The summed E-state index contributed by atoms with van der Waals surface area (Å²) in [4.78, 5) is 21.0. The molecule has 12 heteroatoms. The second-order valence-corrected chi connectivity index (χ2v) is 7.85. The number of fused-ring (bicyclic) bond motifs is 1. The van der Waals surface area contributed by atoms with Gasteiger partial charge in [0.15, 0.2) is 17.2 Å². The Kier molecular flexibility index (Phi) is 4.81. The highest BCUT2D eigenvalue weighted by Gasteiger charge is 2.34. The predicted molar refractivity (Wildman–Crippen MR) is 110 cm³/mol. The molecule has 1 aliphatic heterocycles. The van der Waals surface area contributed by atoms with E-state index in [0.717, 1.165) is 24.5 Å². The SMILES string of the molecule is CC1CN(c2ccnc(-c3cnc4cnc(C(F)(F)F)cn34)n2)CC(c2cn[nH]c2)N1C. The van der Waals surface area contributed by atoms with E-state index >= 15 is 0 Å².